The Balaban J connectivity index is 1.65. The first-order chi connectivity index (χ1) is 13.5. The molecule has 4 rings (SSSR count). The van der Waals surface area contributed by atoms with Crippen molar-refractivity contribution in [1.82, 2.24) is 14.8 Å². The number of hydrogen-bond donors (Lipinski definition) is 0. The Morgan fingerprint density at radius 2 is 1.96 bits per heavy atom. The summed E-state index contributed by atoms with van der Waals surface area (Å²) in [6, 6.07) is 8.98. The number of likely N-dealkylation sites (N-methyl/N-ethyl adjacent to an activating group) is 1. The molecule has 0 N–H and O–H groups in total. The molecule has 8 heteroatoms. The van der Waals surface area contributed by atoms with Crippen LogP contribution in [0.15, 0.2) is 41.0 Å². The molecule has 0 atom stereocenters. The fourth-order valence-corrected chi connectivity index (χ4v) is 3.24. The van der Waals surface area contributed by atoms with Gasteiger partial charge in [0.1, 0.15) is 5.15 Å². The van der Waals surface area contributed by atoms with Crippen LogP contribution in [0.3, 0.4) is 0 Å². The van der Waals surface area contributed by atoms with E-state index in [0.717, 1.165) is 16.5 Å². The van der Waals surface area contributed by atoms with Gasteiger partial charge in [0.15, 0.2) is 17.3 Å². The highest BCUT2D eigenvalue weighted by Gasteiger charge is 2.21. The third-order valence-corrected chi connectivity index (χ3v) is 4.86. The van der Waals surface area contributed by atoms with Gasteiger partial charge in [0.05, 0.1) is 11.8 Å². The normalized spacial score (nSPS) is 12.7. The van der Waals surface area contributed by atoms with Crippen molar-refractivity contribution < 1.29 is 18.7 Å². The number of halogens is 1. The van der Waals surface area contributed by atoms with E-state index in [0.29, 0.717) is 42.0 Å². The Hall–Kier alpha value is -2.77. The molecule has 2 aromatic heterocycles. The van der Waals surface area contributed by atoms with Crippen molar-refractivity contribution in [1.29, 1.82) is 0 Å². The smallest absolute Gasteiger partial charge is 0.289 e. The average molecular weight is 402 g/mol. The lowest BCUT2D eigenvalue weighted by molar-refractivity contribution is 0.0700. The number of fused-ring (bicyclic) bond motifs is 2. The van der Waals surface area contributed by atoms with Crippen LogP contribution in [-0.2, 0) is 6.54 Å². The predicted octanol–water partition coefficient (Wildman–Crippen LogP) is 3.41. The summed E-state index contributed by atoms with van der Waals surface area (Å²) in [5.74, 6) is 1.45. The number of hydrogen-bond acceptors (Lipinski definition) is 6. The first kappa shape index (κ1) is 18.6. The lowest BCUT2D eigenvalue weighted by atomic mass is 10.1. The molecule has 1 aromatic carbocycles. The number of carbonyl (C=O) groups is 1. The molecule has 0 saturated carbocycles. The monoisotopic (exact) mass is 401 g/mol. The number of furan rings is 1. The summed E-state index contributed by atoms with van der Waals surface area (Å²) in [5, 5.41) is 1.23. The van der Waals surface area contributed by atoms with Crippen molar-refractivity contribution in [2.45, 2.75) is 6.54 Å². The van der Waals surface area contributed by atoms with Gasteiger partial charge in [0.2, 0.25) is 6.79 Å². The van der Waals surface area contributed by atoms with Crippen LogP contribution in [0.2, 0.25) is 5.15 Å². The standard InChI is InChI=1S/C20H20ClN3O4/c1-23(2)5-6-24(20(25)16-4-3-7-26-16)11-14-8-13-9-17-18(28-12-27-17)10-15(13)22-19(14)21/h3-4,7-10H,5-6,11-12H2,1-2H3. The summed E-state index contributed by atoms with van der Waals surface area (Å²) in [7, 11) is 3.92. The van der Waals surface area contributed by atoms with Gasteiger partial charge < -0.3 is 23.7 Å². The van der Waals surface area contributed by atoms with Crippen LogP contribution in [0.1, 0.15) is 16.1 Å². The lowest BCUT2D eigenvalue weighted by Crippen LogP contribution is -2.36. The summed E-state index contributed by atoms with van der Waals surface area (Å²) < 4.78 is 16.1. The maximum absolute atomic E-state index is 12.9. The van der Waals surface area contributed by atoms with Crippen LogP contribution in [-0.4, -0.2) is 54.7 Å². The number of pyridine rings is 1. The van der Waals surface area contributed by atoms with Crippen molar-refractivity contribution in [3.63, 3.8) is 0 Å². The second-order valence-electron chi connectivity index (χ2n) is 6.84. The molecule has 0 fully saturated rings. The van der Waals surface area contributed by atoms with Crippen LogP contribution >= 0.6 is 11.6 Å². The molecule has 1 aliphatic rings. The first-order valence-corrected chi connectivity index (χ1v) is 9.25. The zero-order chi connectivity index (χ0) is 19.7. The van der Waals surface area contributed by atoms with Crippen molar-refractivity contribution in [2.24, 2.45) is 0 Å². The molecule has 0 bridgehead atoms. The quantitative estimate of drug-likeness (QED) is 0.589. The van der Waals surface area contributed by atoms with E-state index in [1.165, 1.54) is 6.26 Å². The highest BCUT2D eigenvalue weighted by molar-refractivity contribution is 6.30. The number of ether oxygens (including phenoxy) is 2. The van der Waals surface area contributed by atoms with E-state index in [4.69, 9.17) is 25.5 Å². The number of rotatable bonds is 6. The van der Waals surface area contributed by atoms with Crippen molar-refractivity contribution >= 4 is 28.4 Å². The fraction of sp³-hybridized carbons (Fsp3) is 0.300. The van der Waals surface area contributed by atoms with Crippen LogP contribution in [0.4, 0.5) is 0 Å². The van der Waals surface area contributed by atoms with Gasteiger partial charge in [0.25, 0.3) is 5.91 Å². The number of carbonyl (C=O) groups excluding carboxylic acids is 1. The van der Waals surface area contributed by atoms with E-state index < -0.39 is 0 Å². The molecule has 1 amide bonds. The summed E-state index contributed by atoms with van der Waals surface area (Å²) in [6.45, 7) is 1.76. The van der Waals surface area contributed by atoms with Gasteiger partial charge in [-0.05, 0) is 38.4 Å². The third-order valence-electron chi connectivity index (χ3n) is 4.53. The highest BCUT2D eigenvalue weighted by atomic mass is 35.5. The molecule has 0 radical (unpaired) electrons. The predicted molar refractivity (Wildman–Crippen MR) is 105 cm³/mol. The van der Waals surface area contributed by atoms with Gasteiger partial charge in [-0.3, -0.25) is 4.79 Å². The number of aromatic nitrogens is 1. The van der Waals surface area contributed by atoms with Gasteiger partial charge in [-0.1, -0.05) is 11.6 Å². The van der Waals surface area contributed by atoms with E-state index in [1.807, 2.05) is 37.2 Å². The molecule has 0 saturated heterocycles. The summed E-state index contributed by atoms with van der Waals surface area (Å²) in [4.78, 5) is 21.1. The van der Waals surface area contributed by atoms with Gasteiger partial charge in [0, 0.05) is 36.7 Å². The molecule has 3 heterocycles. The minimum atomic E-state index is -0.186. The molecule has 0 spiro atoms. The summed E-state index contributed by atoms with van der Waals surface area (Å²) in [6.07, 6.45) is 1.49. The molecule has 28 heavy (non-hydrogen) atoms. The third kappa shape index (κ3) is 3.76. The van der Waals surface area contributed by atoms with Gasteiger partial charge in [-0.25, -0.2) is 4.98 Å². The van der Waals surface area contributed by atoms with E-state index >= 15 is 0 Å². The molecule has 3 aromatic rings. The number of nitrogens with zero attached hydrogens (tertiary/aromatic N) is 3. The maximum atomic E-state index is 12.9. The van der Waals surface area contributed by atoms with Gasteiger partial charge in [-0.15, -0.1) is 0 Å². The van der Waals surface area contributed by atoms with Crippen LogP contribution in [0, 0.1) is 0 Å². The van der Waals surface area contributed by atoms with Gasteiger partial charge in [-0.2, -0.15) is 0 Å². The van der Waals surface area contributed by atoms with Crippen molar-refractivity contribution in [3.05, 3.63) is 53.1 Å². The zero-order valence-corrected chi connectivity index (χ0v) is 16.4. The minimum absolute atomic E-state index is 0.186. The maximum Gasteiger partial charge on any atom is 0.289 e. The largest absolute Gasteiger partial charge is 0.459 e. The molecule has 0 unspecified atom stereocenters. The molecular formula is C20H20ClN3O4. The average Bonchev–Trinajstić information content (AvgIpc) is 3.34. The minimum Gasteiger partial charge on any atom is -0.459 e. The van der Waals surface area contributed by atoms with Gasteiger partial charge >= 0.3 is 0 Å². The Morgan fingerprint density at radius 3 is 2.68 bits per heavy atom. The molecule has 0 aliphatic carbocycles. The van der Waals surface area contributed by atoms with E-state index in [1.54, 1.807) is 17.0 Å². The highest BCUT2D eigenvalue weighted by Crippen LogP contribution is 2.36. The van der Waals surface area contributed by atoms with E-state index in [-0.39, 0.29) is 12.7 Å². The lowest BCUT2D eigenvalue weighted by Gasteiger charge is -2.24. The Labute approximate surface area is 167 Å². The second-order valence-corrected chi connectivity index (χ2v) is 7.20. The SMILES string of the molecule is CN(C)CCN(Cc1cc2cc3c(cc2nc1Cl)OCO3)C(=O)c1ccco1. The van der Waals surface area contributed by atoms with E-state index in [2.05, 4.69) is 4.98 Å². The number of amides is 1. The molecule has 7 nitrogen and oxygen atoms in total. The van der Waals surface area contributed by atoms with Crippen molar-refractivity contribution in [3.8, 4) is 11.5 Å². The van der Waals surface area contributed by atoms with Crippen LogP contribution in [0.5, 0.6) is 11.5 Å². The zero-order valence-electron chi connectivity index (χ0n) is 15.6. The Bertz CT molecular complexity index is 1000. The second kappa shape index (κ2) is 7.69. The first-order valence-electron chi connectivity index (χ1n) is 8.87. The van der Waals surface area contributed by atoms with Crippen LogP contribution < -0.4 is 9.47 Å². The Kier molecular flexibility index (Phi) is 5.11. The summed E-state index contributed by atoms with van der Waals surface area (Å²) in [5.41, 5.74) is 1.47. The molecular weight excluding hydrogens is 382 g/mol. The Morgan fingerprint density at radius 1 is 1.18 bits per heavy atom. The van der Waals surface area contributed by atoms with E-state index in [9.17, 15) is 4.79 Å². The number of benzene rings is 1. The van der Waals surface area contributed by atoms with Crippen molar-refractivity contribution in [2.75, 3.05) is 34.0 Å². The molecule has 146 valence electrons. The summed E-state index contributed by atoms with van der Waals surface area (Å²) >= 11 is 6.44. The van der Waals surface area contributed by atoms with Crippen LogP contribution in [0.25, 0.3) is 10.9 Å². The molecule has 1 aliphatic heterocycles. The topological polar surface area (TPSA) is 68.0 Å². The fourth-order valence-electron chi connectivity index (χ4n) is 3.03.